The number of ether oxygens (including phenoxy) is 1. The molecule has 2 nitrogen and oxygen atoms in total. The number of carbonyl (C=O) groups is 1. The normalized spacial score (nSPS) is 25.9. The van der Waals surface area contributed by atoms with Gasteiger partial charge in [0.1, 0.15) is 5.41 Å². The van der Waals surface area contributed by atoms with Crippen molar-refractivity contribution in [3.8, 4) is 0 Å². The average Bonchev–Trinajstić information content (AvgIpc) is 2.73. The molecule has 0 heterocycles. The molecule has 1 aromatic rings. The highest BCUT2D eigenvalue weighted by Crippen LogP contribution is 2.50. The predicted octanol–water partition coefficient (Wildman–Crippen LogP) is 3.96. The van der Waals surface area contributed by atoms with E-state index in [-0.39, 0.29) is 11.2 Å². The molecule has 1 aliphatic carbocycles. The highest BCUT2D eigenvalue weighted by molar-refractivity contribution is 7.99. The van der Waals surface area contributed by atoms with Crippen molar-refractivity contribution in [2.24, 2.45) is 0 Å². The second kappa shape index (κ2) is 6.04. The largest absolute Gasteiger partial charge is 0.465 e. The maximum absolute atomic E-state index is 12.8. The van der Waals surface area contributed by atoms with Gasteiger partial charge in [0.25, 0.3) is 0 Å². The van der Waals surface area contributed by atoms with Crippen molar-refractivity contribution in [1.82, 2.24) is 0 Å². The van der Waals surface area contributed by atoms with Crippen molar-refractivity contribution in [3.63, 3.8) is 0 Å². The van der Waals surface area contributed by atoms with Gasteiger partial charge in [0.2, 0.25) is 0 Å². The van der Waals surface area contributed by atoms with Gasteiger partial charge in [-0.1, -0.05) is 41.5 Å². The highest BCUT2D eigenvalue weighted by atomic mass is 32.2. The molecule has 0 N–H and O–H groups in total. The van der Waals surface area contributed by atoms with Gasteiger partial charge in [-0.3, -0.25) is 4.79 Å². The minimum absolute atomic E-state index is 0.0956. The maximum Gasteiger partial charge on any atom is 0.318 e. The number of carbonyl (C=O) groups excluding carboxylic acids is 1. The minimum Gasteiger partial charge on any atom is -0.465 e. The van der Waals surface area contributed by atoms with E-state index in [2.05, 4.69) is 20.1 Å². The van der Waals surface area contributed by atoms with Gasteiger partial charge in [0.15, 0.2) is 0 Å². The smallest absolute Gasteiger partial charge is 0.318 e. The Hall–Kier alpha value is -1.22. The zero-order valence-corrected chi connectivity index (χ0v) is 13.4. The third-order valence-corrected chi connectivity index (χ3v) is 5.45. The van der Waals surface area contributed by atoms with E-state index < -0.39 is 5.41 Å². The van der Waals surface area contributed by atoms with Gasteiger partial charge in [-0.05, 0) is 39.0 Å². The van der Waals surface area contributed by atoms with Gasteiger partial charge in [-0.15, -0.1) is 0 Å². The highest BCUT2D eigenvalue weighted by Gasteiger charge is 2.52. The molecular formula is C17H22O2S. The van der Waals surface area contributed by atoms with Gasteiger partial charge in [-0.25, -0.2) is 0 Å². The lowest BCUT2D eigenvalue weighted by molar-refractivity contribution is -0.149. The summed E-state index contributed by atoms with van der Waals surface area (Å²) >= 11 is 1.74. The summed E-state index contributed by atoms with van der Waals surface area (Å²) in [6, 6.07) is 10.1. The van der Waals surface area contributed by atoms with E-state index in [4.69, 9.17) is 4.74 Å². The van der Waals surface area contributed by atoms with Gasteiger partial charge in [-0.2, -0.15) is 11.8 Å². The first-order valence-corrected chi connectivity index (χ1v) is 8.28. The summed E-state index contributed by atoms with van der Waals surface area (Å²) in [7, 11) is 0. The lowest BCUT2D eigenvalue weighted by Gasteiger charge is -2.34. The SMILES string of the molecule is CCOC(=O)[C@@]1(c2ccccc2)CC(C)=C(C)[C@@H]1SC. The van der Waals surface area contributed by atoms with E-state index in [0.29, 0.717) is 6.61 Å². The van der Waals surface area contributed by atoms with E-state index in [1.807, 2.05) is 37.3 Å². The van der Waals surface area contributed by atoms with Crippen LogP contribution < -0.4 is 0 Å². The summed E-state index contributed by atoms with van der Waals surface area (Å²) in [5.41, 5.74) is 3.12. The standard InChI is InChI=1S/C17H22O2S/c1-5-19-16(18)17(14-9-7-6-8-10-14)11-12(2)13(3)15(17)20-4/h6-10,15H,5,11H2,1-4H3/t15-,17+/m0/s1. The fourth-order valence-corrected chi connectivity index (χ4v) is 4.44. The molecule has 1 aromatic carbocycles. The average molecular weight is 290 g/mol. The predicted molar refractivity (Wildman–Crippen MR) is 85.0 cm³/mol. The number of rotatable bonds is 4. The van der Waals surface area contributed by atoms with Crippen LogP contribution in [0.15, 0.2) is 41.5 Å². The molecule has 2 atom stereocenters. The van der Waals surface area contributed by atoms with Crippen LogP contribution in [0, 0.1) is 0 Å². The summed E-state index contributed by atoms with van der Waals surface area (Å²) in [6.07, 6.45) is 2.83. The van der Waals surface area contributed by atoms with Crippen LogP contribution in [0.1, 0.15) is 32.8 Å². The molecule has 0 saturated carbocycles. The molecule has 0 saturated heterocycles. The zero-order valence-electron chi connectivity index (χ0n) is 12.6. The van der Waals surface area contributed by atoms with E-state index in [1.165, 1.54) is 11.1 Å². The summed E-state index contributed by atoms with van der Waals surface area (Å²) in [6.45, 7) is 6.56. The Morgan fingerprint density at radius 2 is 2.00 bits per heavy atom. The number of allylic oxidation sites excluding steroid dienone is 1. The van der Waals surface area contributed by atoms with E-state index in [0.717, 1.165) is 12.0 Å². The number of thioether (sulfide) groups is 1. The number of esters is 1. The Morgan fingerprint density at radius 3 is 2.55 bits per heavy atom. The van der Waals surface area contributed by atoms with Crippen molar-refractivity contribution in [2.75, 3.05) is 12.9 Å². The van der Waals surface area contributed by atoms with Crippen LogP contribution in [0.3, 0.4) is 0 Å². The Bertz CT molecular complexity index is 521. The third kappa shape index (κ3) is 2.28. The van der Waals surface area contributed by atoms with Crippen LogP contribution in [0.4, 0.5) is 0 Å². The topological polar surface area (TPSA) is 26.3 Å². The first-order chi connectivity index (χ1) is 9.57. The number of benzene rings is 1. The van der Waals surface area contributed by atoms with Crippen molar-refractivity contribution in [3.05, 3.63) is 47.0 Å². The van der Waals surface area contributed by atoms with Crippen molar-refractivity contribution < 1.29 is 9.53 Å². The molecule has 3 heteroatoms. The summed E-state index contributed by atoms with van der Waals surface area (Å²) in [4.78, 5) is 12.8. The summed E-state index contributed by atoms with van der Waals surface area (Å²) < 4.78 is 5.43. The summed E-state index contributed by atoms with van der Waals surface area (Å²) in [5, 5.41) is 0.156. The van der Waals surface area contributed by atoms with Crippen LogP contribution in [-0.2, 0) is 14.9 Å². The second-order valence-corrected chi connectivity index (χ2v) is 6.26. The van der Waals surface area contributed by atoms with Crippen LogP contribution in [0.2, 0.25) is 0 Å². The molecule has 0 spiro atoms. The van der Waals surface area contributed by atoms with E-state index in [9.17, 15) is 4.79 Å². The third-order valence-electron chi connectivity index (χ3n) is 4.22. The quantitative estimate of drug-likeness (QED) is 0.620. The fraction of sp³-hybridized carbons (Fsp3) is 0.471. The molecular weight excluding hydrogens is 268 g/mol. The minimum atomic E-state index is -0.565. The first-order valence-electron chi connectivity index (χ1n) is 6.99. The van der Waals surface area contributed by atoms with Crippen LogP contribution in [0.5, 0.6) is 0 Å². The van der Waals surface area contributed by atoms with Gasteiger partial charge in [0.05, 0.1) is 6.61 Å². The zero-order chi connectivity index (χ0) is 14.8. The maximum atomic E-state index is 12.8. The monoisotopic (exact) mass is 290 g/mol. The van der Waals surface area contributed by atoms with Gasteiger partial charge < -0.3 is 4.74 Å². The first kappa shape index (κ1) is 15.2. The van der Waals surface area contributed by atoms with Crippen molar-refractivity contribution >= 4 is 17.7 Å². The Labute approximate surface area is 125 Å². The molecule has 108 valence electrons. The van der Waals surface area contributed by atoms with Crippen molar-refractivity contribution in [2.45, 2.75) is 37.9 Å². The second-order valence-electron chi connectivity index (χ2n) is 5.31. The Kier molecular flexibility index (Phi) is 4.59. The molecule has 0 aliphatic heterocycles. The van der Waals surface area contributed by atoms with E-state index >= 15 is 0 Å². The lowest BCUT2D eigenvalue weighted by Crippen LogP contribution is -2.44. The fourth-order valence-electron chi connectivity index (χ4n) is 3.17. The van der Waals surface area contributed by atoms with Gasteiger partial charge in [0, 0.05) is 5.25 Å². The molecule has 2 rings (SSSR count). The molecule has 0 bridgehead atoms. The molecule has 0 amide bonds. The molecule has 0 aromatic heterocycles. The van der Waals surface area contributed by atoms with Crippen molar-refractivity contribution in [1.29, 1.82) is 0 Å². The van der Waals surface area contributed by atoms with E-state index in [1.54, 1.807) is 11.8 Å². The van der Waals surface area contributed by atoms with Gasteiger partial charge >= 0.3 is 5.97 Å². The molecule has 0 radical (unpaired) electrons. The Morgan fingerprint density at radius 1 is 1.35 bits per heavy atom. The van der Waals surface area contributed by atoms with Crippen LogP contribution >= 0.6 is 11.8 Å². The lowest BCUT2D eigenvalue weighted by atomic mass is 9.76. The molecule has 20 heavy (non-hydrogen) atoms. The summed E-state index contributed by atoms with van der Waals surface area (Å²) in [5.74, 6) is -0.0956. The number of hydrogen-bond donors (Lipinski definition) is 0. The molecule has 1 aliphatic rings. The van der Waals surface area contributed by atoms with Crippen LogP contribution in [-0.4, -0.2) is 24.1 Å². The molecule has 0 unspecified atom stereocenters. The number of hydrogen-bond acceptors (Lipinski definition) is 3. The van der Waals surface area contributed by atoms with Crippen LogP contribution in [0.25, 0.3) is 0 Å². The molecule has 0 fully saturated rings. The Balaban J connectivity index is 2.55.